The largest absolute Gasteiger partial charge is 0.478 e. The topological polar surface area (TPSA) is 38.8 Å². The van der Waals surface area contributed by atoms with E-state index >= 15 is 0 Å². The maximum absolute atomic E-state index is 13.2. The fourth-order valence-electron chi connectivity index (χ4n) is 4.00. The molecule has 0 spiro atoms. The van der Waals surface area contributed by atoms with E-state index in [9.17, 15) is 4.79 Å². The molecule has 2 heterocycles. The number of aryl methyl sites for hydroxylation is 1. The zero-order valence-corrected chi connectivity index (χ0v) is 19.4. The summed E-state index contributed by atoms with van der Waals surface area (Å²) in [5.74, 6) is 1.38. The number of allylic oxidation sites excluding steroid dienone is 1. The quantitative estimate of drug-likeness (QED) is 0.377. The highest BCUT2D eigenvalue weighted by Gasteiger charge is 2.35. The van der Waals surface area contributed by atoms with E-state index in [1.165, 1.54) is 0 Å². The number of hydrogen-bond acceptors (Lipinski definition) is 4. The van der Waals surface area contributed by atoms with E-state index in [1.807, 2.05) is 37.3 Å². The highest BCUT2D eigenvalue weighted by molar-refractivity contribution is 6.42. The van der Waals surface area contributed by atoms with Gasteiger partial charge in [0.25, 0.3) is 0 Å². The summed E-state index contributed by atoms with van der Waals surface area (Å²) in [5, 5.41) is 1.59. The van der Waals surface area contributed by atoms with Gasteiger partial charge in [-0.3, -0.25) is 9.69 Å². The summed E-state index contributed by atoms with van der Waals surface area (Å²) in [4.78, 5) is 15.3. The van der Waals surface area contributed by atoms with Crippen LogP contribution in [0.25, 0.3) is 6.08 Å². The smallest absolute Gasteiger partial charge is 0.232 e. The first-order valence-corrected chi connectivity index (χ1v) is 11.2. The standard InChI is InChI=1S/C25H18Cl3NO3/c1-14-8-21-17(12-29(13-31-21)11-16-4-2-3-5-18(16)26)25-23(14)24(30)22(32-25)10-15-6-7-19(27)20(28)9-15/h2-10H,11-13H2,1H3/b22-10-. The van der Waals surface area contributed by atoms with Gasteiger partial charge in [-0.05, 0) is 54.0 Å². The van der Waals surface area contributed by atoms with Crippen LogP contribution in [0.4, 0.5) is 0 Å². The number of Topliss-reactive ketones (excluding diaryl/α,β-unsaturated/α-hetero) is 1. The van der Waals surface area contributed by atoms with Crippen LogP contribution in [0, 0.1) is 6.92 Å². The van der Waals surface area contributed by atoms with Gasteiger partial charge in [-0.25, -0.2) is 0 Å². The van der Waals surface area contributed by atoms with E-state index < -0.39 is 0 Å². The lowest BCUT2D eigenvalue weighted by Gasteiger charge is -2.30. The first kappa shape index (κ1) is 21.4. The summed E-state index contributed by atoms with van der Waals surface area (Å²) < 4.78 is 12.1. The van der Waals surface area contributed by atoms with Crippen LogP contribution in [0.1, 0.15) is 32.6 Å². The minimum atomic E-state index is -0.158. The molecule has 0 bridgehead atoms. The first-order valence-electron chi connectivity index (χ1n) is 10.0. The minimum absolute atomic E-state index is 0.158. The van der Waals surface area contributed by atoms with E-state index in [0.29, 0.717) is 46.2 Å². The SMILES string of the molecule is Cc1cc2c(c3c1C(=O)/C(=C/c1ccc(Cl)c(Cl)c1)O3)CN(Cc1ccccc1Cl)CO2. The van der Waals surface area contributed by atoms with Crippen molar-refractivity contribution in [1.82, 2.24) is 4.90 Å². The zero-order chi connectivity index (χ0) is 22.4. The van der Waals surface area contributed by atoms with Crippen LogP contribution >= 0.6 is 34.8 Å². The lowest BCUT2D eigenvalue weighted by Crippen LogP contribution is -2.32. The Balaban J connectivity index is 1.47. The molecule has 0 atom stereocenters. The van der Waals surface area contributed by atoms with E-state index in [0.717, 1.165) is 28.0 Å². The molecule has 0 unspecified atom stereocenters. The Morgan fingerprint density at radius 2 is 1.84 bits per heavy atom. The Bertz CT molecular complexity index is 1290. The maximum atomic E-state index is 13.2. The van der Waals surface area contributed by atoms with E-state index in [-0.39, 0.29) is 11.5 Å². The highest BCUT2D eigenvalue weighted by atomic mass is 35.5. The van der Waals surface area contributed by atoms with E-state index in [4.69, 9.17) is 44.3 Å². The fourth-order valence-corrected chi connectivity index (χ4v) is 4.50. The molecule has 0 aromatic heterocycles. The summed E-state index contributed by atoms with van der Waals surface area (Å²) in [7, 11) is 0. The van der Waals surface area contributed by atoms with Crippen molar-refractivity contribution in [2.45, 2.75) is 20.0 Å². The van der Waals surface area contributed by atoms with Gasteiger partial charge in [0.05, 0.1) is 21.2 Å². The molecule has 4 nitrogen and oxygen atoms in total. The van der Waals surface area contributed by atoms with Crippen LogP contribution < -0.4 is 9.47 Å². The molecule has 0 saturated carbocycles. The number of hydrogen-bond donors (Lipinski definition) is 0. The number of fused-ring (bicyclic) bond motifs is 3. The second kappa shape index (κ2) is 8.45. The van der Waals surface area contributed by atoms with Gasteiger partial charge in [0.2, 0.25) is 5.78 Å². The van der Waals surface area contributed by atoms with Crippen molar-refractivity contribution in [1.29, 1.82) is 0 Å². The molecule has 0 amide bonds. The third-order valence-electron chi connectivity index (χ3n) is 5.58. The van der Waals surface area contributed by atoms with Crippen LogP contribution in [0.15, 0.2) is 54.3 Å². The van der Waals surface area contributed by atoms with Crippen LogP contribution in [0.5, 0.6) is 11.5 Å². The molecule has 2 aliphatic rings. The normalized spacial score (nSPS) is 16.5. The molecule has 162 valence electrons. The molecule has 0 fully saturated rings. The molecule has 0 saturated heterocycles. The Kier molecular flexibility index (Phi) is 5.64. The van der Waals surface area contributed by atoms with Crippen molar-refractivity contribution in [3.05, 3.63) is 97.2 Å². The summed E-state index contributed by atoms with van der Waals surface area (Å²) in [6, 6.07) is 14.8. The van der Waals surface area contributed by atoms with Crippen molar-refractivity contribution < 1.29 is 14.3 Å². The Morgan fingerprint density at radius 1 is 1.03 bits per heavy atom. The predicted octanol–water partition coefficient (Wildman–Crippen LogP) is 6.92. The molecule has 3 aromatic carbocycles. The minimum Gasteiger partial charge on any atom is -0.478 e. The molecule has 2 aliphatic heterocycles. The third kappa shape index (κ3) is 3.89. The molecule has 0 aliphatic carbocycles. The van der Waals surface area contributed by atoms with Gasteiger partial charge in [0.1, 0.15) is 18.2 Å². The fraction of sp³-hybridized carbons (Fsp3) is 0.160. The lowest BCUT2D eigenvalue weighted by atomic mass is 9.98. The average Bonchev–Trinajstić information content (AvgIpc) is 3.10. The predicted molar refractivity (Wildman–Crippen MR) is 127 cm³/mol. The summed E-state index contributed by atoms with van der Waals surface area (Å²) in [6.07, 6.45) is 1.68. The van der Waals surface area contributed by atoms with E-state index in [2.05, 4.69) is 4.90 Å². The van der Waals surface area contributed by atoms with Gasteiger partial charge in [0.15, 0.2) is 5.76 Å². The number of ketones is 1. The van der Waals surface area contributed by atoms with Crippen LogP contribution in [0.3, 0.4) is 0 Å². The zero-order valence-electron chi connectivity index (χ0n) is 17.1. The number of ether oxygens (including phenoxy) is 2. The molecule has 0 radical (unpaired) electrons. The van der Waals surface area contributed by atoms with Crippen LogP contribution in [-0.2, 0) is 13.1 Å². The molecule has 32 heavy (non-hydrogen) atoms. The monoisotopic (exact) mass is 485 g/mol. The van der Waals surface area contributed by atoms with Gasteiger partial charge in [-0.15, -0.1) is 0 Å². The van der Waals surface area contributed by atoms with E-state index in [1.54, 1.807) is 24.3 Å². The van der Waals surface area contributed by atoms with Gasteiger partial charge >= 0.3 is 0 Å². The summed E-state index contributed by atoms with van der Waals surface area (Å²) >= 11 is 18.5. The maximum Gasteiger partial charge on any atom is 0.232 e. The molecule has 7 heteroatoms. The molecular weight excluding hydrogens is 469 g/mol. The summed E-state index contributed by atoms with van der Waals surface area (Å²) in [6.45, 7) is 3.52. The van der Waals surface area contributed by atoms with Crippen LogP contribution in [0.2, 0.25) is 15.1 Å². The van der Waals surface area contributed by atoms with Gasteiger partial charge in [-0.1, -0.05) is 59.1 Å². The Hall–Kier alpha value is -2.50. The van der Waals surface area contributed by atoms with Crippen molar-refractivity contribution in [3.8, 4) is 11.5 Å². The van der Waals surface area contributed by atoms with Crippen molar-refractivity contribution in [2.75, 3.05) is 6.73 Å². The van der Waals surface area contributed by atoms with Gasteiger partial charge in [-0.2, -0.15) is 0 Å². The summed E-state index contributed by atoms with van der Waals surface area (Å²) in [5.41, 5.74) is 4.00. The van der Waals surface area contributed by atoms with Gasteiger partial charge < -0.3 is 9.47 Å². The molecule has 5 rings (SSSR count). The molecular formula is C25H18Cl3NO3. The van der Waals surface area contributed by atoms with Gasteiger partial charge in [0, 0.05) is 18.1 Å². The number of carbonyl (C=O) groups is 1. The average molecular weight is 487 g/mol. The second-order valence-corrected chi connectivity index (χ2v) is 9.06. The number of carbonyl (C=O) groups excluding carboxylic acids is 1. The van der Waals surface area contributed by atoms with Crippen molar-refractivity contribution >= 4 is 46.7 Å². The molecule has 0 N–H and O–H groups in total. The number of benzene rings is 3. The Labute approximate surface area is 200 Å². The Morgan fingerprint density at radius 3 is 2.62 bits per heavy atom. The lowest BCUT2D eigenvalue weighted by molar-refractivity contribution is 0.0872. The van der Waals surface area contributed by atoms with Crippen LogP contribution in [-0.4, -0.2) is 17.4 Å². The van der Waals surface area contributed by atoms with Crippen molar-refractivity contribution in [3.63, 3.8) is 0 Å². The first-order chi connectivity index (χ1) is 15.4. The molecule has 3 aromatic rings. The second-order valence-electron chi connectivity index (χ2n) is 7.84. The van der Waals surface area contributed by atoms with Crippen molar-refractivity contribution in [2.24, 2.45) is 0 Å². The number of nitrogens with zero attached hydrogens (tertiary/aromatic N) is 1. The highest BCUT2D eigenvalue weighted by Crippen LogP contribution is 2.44. The third-order valence-corrected chi connectivity index (χ3v) is 6.69. The number of rotatable bonds is 3. The number of halogens is 3.